The zero-order chi connectivity index (χ0) is 22.8. The van der Waals surface area contributed by atoms with E-state index in [-0.39, 0.29) is 24.5 Å². The van der Waals surface area contributed by atoms with E-state index in [0.29, 0.717) is 29.3 Å². The number of allylic oxidation sites excluding steroid dienone is 1. The summed E-state index contributed by atoms with van der Waals surface area (Å²) in [5.74, 6) is -0.676. The maximum Gasteiger partial charge on any atom is 0.229 e. The number of piperidine rings is 1. The average molecular weight is 464 g/mol. The van der Waals surface area contributed by atoms with Gasteiger partial charge in [-0.25, -0.2) is 4.39 Å². The van der Waals surface area contributed by atoms with Crippen molar-refractivity contribution in [2.45, 2.75) is 51.1 Å². The summed E-state index contributed by atoms with van der Waals surface area (Å²) in [6.07, 6.45) is 3.32. The van der Waals surface area contributed by atoms with E-state index in [2.05, 4.69) is 6.58 Å². The fraction of sp³-hybridized carbons (Fsp3) is 0.400. The molecule has 0 aliphatic carbocycles. The zero-order valence-corrected chi connectivity index (χ0v) is 19.3. The van der Waals surface area contributed by atoms with Gasteiger partial charge in [0.05, 0.1) is 24.1 Å². The molecule has 0 saturated carbocycles. The summed E-state index contributed by atoms with van der Waals surface area (Å²) in [5, 5.41) is 11.0. The number of likely N-dealkylation sites (tertiary alicyclic amines) is 1. The van der Waals surface area contributed by atoms with Gasteiger partial charge in [-0.3, -0.25) is 4.79 Å². The molecule has 2 aromatic carbocycles. The van der Waals surface area contributed by atoms with Gasteiger partial charge >= 0.3 is 0 Å². The van der Waals surface area contributed by atoms with Crippen molar-refractivity contribution < 1.29 is 14.3 Å². The van der Waals surface area contributed by atoms with Gasteiger partial charge in [-0.05, 0) is 60.7 Å². The van der Waals surface area contributed by atoms with Crippen LogP contribution in [0.2, 0.25) is 10.0 Å². The van der Waals surface area contributed by atoms with Crippen molar-refractivity contribution in [2.75, 3.05) is 6.61 Å². The quantitative estimate of drug-likeness (QED) is 0.473. The highest BCUT2D eigenvalue weighted by molar-refractivity contribution is 6.30. The molecule has 1 aliphatic heterocycles. The van der Waals surface area contributed by atoms with Gasteiger partial charge in [-0.2, -0.15) is 0 Å². The molecule has 3 rings (SSSR count). The van der Waals surface area contributed by atoms with E-state index < -0.39 is 17.3 Å². The first kappa shape index (κ1) is 23.8. The predicted octanol–water partition coefficient (Wildman–Crippen LogP) is 6.54. The summed E-state index contributed by atoms with van der Waals surface area (Å²) in [6, 6.07) is 11.1. The largest absolute Gasteiger partial charge is 0.394 e. The molecule has 1 fully saturated rings. The third kappa shape index (κ3) is 4.82. The van der Waals surface area contributed by atoms with Crippen molar-refractivity contribution in [2.24, 2.45) is 5.41 Å². The minimum atomic E-state index is -0.725. The Morgan fingerprint density at radius 3 is 2.45 bits per heavy atom. The minimum absolute atomic E-state index is 0.0352. The number of aliphatic hydroxyl groups is 1. The lowest BCUT2D eigenvalue weighted by Gasteiger charge is -2.51. The molecule has 2 aromatic rings. The van der Waals surface area contributed by atoms with E-state index in [4.69, 9.17) is 23.2 Å². The van der Waals surface area contributed by atoms with Crippen LogP contribution >= 0.6 is 23.2 Å². The number of benzene rings is 2. The SMILES string of the molecule is C=CCC1(C)CC(c2cc(F)cc(Cl)c2)C(c2ccc(Cl)cc2)N(C(CC)CO)C1=O. The molecule has 1 aliphatic rings. The van der Waals surface area contributed by atoms with E-state index in [1.807, 2.05) is 26.0 Å². The fourth-order valence-electron chi connectivity index (χ4n) is 4.75. The molecule has 0 spiro atoms. The summed E-state index contributed by atoms with van der Waals surface area (Å²) in [7, 11) is 0. The molecular weight excluding hydrogens is 436 g/mol. The Labute approximate surface area is 193 Å². The van der Waals surface area contributed by atoms with Crippen molar-refractivity contribution in [3.8, 4) is 0 Å². The van der Waals surface area contributed by atoms with Crippen LogP contribution in [0.3, 0.4) is 0 Å². The van der Waals surface area contributed by atoms with Gasteiger partial charge in [0.1, 0.15) is 5.82 Å². The van der Waals surface area contributed by atoms with Crippen LogP contribution in [0.1, 0.15) is 56.2 Å². The normalized spacial score (nSPS) is 24.8. The highest BCUT2D eigenvalue weighted by Gasteiger charge is 2.50. The van der Waals surface area contributed by atoms with Crippen molar-refractivity contribution in [1.82, 2.24) is 4.90 Å². The molecule has 0 radical (unpaired) electrons. The standard InChI is InChI=1S/C25H28Cl2FNO2/c1-4-10-25(3)14-22(17-11-19(27)13-20(28)12-17)23(16-6-8-18(26)9-7-16)29(24(25)31)21(5-2)15-30/h4,6-9,11-13,21-23,30H,1,5,10,14-15H2,2-3H3. The lowest BCUT2D eigenvalue weighted by atomic mass is 9.67. The molecule has 1 amide bonds. The number of aliphatic hydroxyl groups excluding tert-OH is 1. The lowest BCUT2D eigenvalue weighted by Crippen LogP contribution is -2.56. The van der Waals surface area contributed by atoms with Crippen LogP contribution in [0.4, 0.5) is 4.39 Å². The highest BCUT2D eigenvalue weighted by atomic mass is 35.5. The number of carbonyl (C=O) groups is 1. The number of rotatable bonds is 7. The molecule has 0 aromatic heterocycles. The molecule has 1 heterocycles. The van der Waals surface area contributed by atoms with Crippen molar-refractivity contribution in [1.29, 1.82) is 0 Å². The maximum atomic E-state index is 14.3. The molecule has 6 heteroatoms. The first-order chi connectivity index (χ1) is 14.7. The number of nitrogens with zero attached hydrogens (tertiary/aromatic N) is 1. The van der Waals surface area contributed by atoms with Crippen LogP contribution in [0.25, 0.3) is 0 Å². The monoisotopic (exact) mass is 463 g/mol. The Balaban J connectivity index is 2.24. The van der Waals surface area contributed by atoms with Crippen LogP contribution in [0, 0.1) is 11.2 Å². The third-order valence-corrected chi connectivity index (χ3v) is 6.77. The summed E-state index contributed by atoms with van der Waals surface area (Å²) in [4.78, 5) is 15.6. The molecule has 0 bridgehead atoms. The molecule has 4 atom stereocenters. The van der Waals surface area contributed by atoms with Crippen molar-refractivity contribution in [3.63, 3.8) is 0 Å². The van der Waals surface area contributed by atoms with Gasteiger partial charge < -0.3 is 10.0 Å². The average Bonchev–Trinajstić information content (AvgIpc) is 2.72. The molecule has 4 unspecified atom stereocenters. The van der Waals surface area contributed by atoms with Crippen molar-refractivity contribution in [3.05, 3.63) is 82.1 Å². The van der Waals surface area contributed by atoms with E-state index >= 15 is 0 Å². The van der Waals surface area contributed by atoms with Crippen LogP contribution in [-0.4, -0.2) is 28.6 Å². The fourth-order valence-corrected chi connectivity index (χ4v) is 5.11. The number of amides is 1. The first-order valence-corrected chi connectivity index (χ1v) is 11.3. The topological polar surface area (TPSA) is 40.5 Å². The third-order valence-electron chi connectivity index (χ3n) is 6.30. The van der Waals surface area contributed by atoms with E-state index in [1.54, 1.807) is 29.2 Å². The number of hydrogen-bond donors (Lipinski definition) is 1. The van der Waals surface area contributed by atoms with Gasteiger partial charge in [0.2, 0.25) is 5.91 Å². The minimum Gasteiger partial charge on any atom is -0.394 e. The van der Waals surface area contributed by atoms with Gasteiger partial charge in [-0.15, -0.1) is 6.58 Å². The van der Waals surface area contributed by atoms with Crippen LogP contribution in [0.5, 0.6) is 0 Å². The summed E-state index contributed by atoms with van der Waals surface area (Å²) in [6.45, 7) is 7.54. The summed E-state index contributed by atoms with van der Waals surface area (Å²) in [5.41, 5.74) is 0.887. The Kier molecular flexibility index (Phi) is 7.46. The Bertz CT molecular complexity index is 925. The molecule has 166 valence electrons. The van der Waals surface area contributed by atoms with Crippen LogP contribution < -0.4 is 0 Å². The smallest absolute Gasteiger partial charge is 0.229 e. The van der Waals surface area contributed by atoms with Crippen LogP contribution in [0.15, 0.2) is 55.1 Å². The second-order valence-corrected chi connectivity index (χ2v) is 9.39. The van der Waals surface area contributed by atoms with Gasteiger partial charge in [0, 0.05) is 16.0 Å². The van der Waals surface area contributed by atoms with E-state index in [1.165, 1.54) is 12.1 Å². The zero-order valence-electron chi connectivity index (χ0n) is 17.8. The summed E-state index contributed by atoms with van der Waals surface area (Å²) < 4.78 is 14.3. The van der Waals surface area contributed by atoms with E-state index in [9.17, 15) is 14.3 Å². The van der Waals surface area contributed by atoms with Crippen molar-refractivity contribution >= 4 is 29.1 Å². The first-order valence-electron chi connectivity index (χ1n) is 10.5. The second kappa shape index (κ2) is 9.72. The predicted molar refractivity (Wildman–Crippen MR) is 124 cm³/mol. The van der Waals surface area contributed by atoms with E-state index in [0.717, 1.165) is 11.1 Å². The Hall–Kier alpha value is -1.88. The lowest BCUT2D eigenvalue weighted by molar-refractivity contribution is -0.156. The summed E-state index contributed by atoms with van der Waals surface area (Å²) >= 11 is 12.3. The molecular formula is C25H28Cl2FNO2. The second-order valence-electron chi connectivity index (χ2n) is 8.52. The Morgan fingerprint density at radius 2 is 1.90 bits per heavy atom. The molecule has 31 heavy (non-hydrogen) atoms. The maximum absolute atomic E-state index is 14.3. The highest BCUT2D eigenvalue weighted by Crippen LogP contribution is 2.52. The Morgan fingerprint density at radius 1 is 1.23 bits per heavy atom. The van der Waals surface area contributed by atoms with Gasteiger partial charge in [-0.1, -0.05) is 55.3 Å². The van der Waals surface area contributed by atoms with Crippen LogP contribution in [-0.2, 0) is 4.79 Å². The number of hydrogen-bond acceptors (Lipinski definition) is 2. The molecule has 1 N–H and O–H groups in total. The molecule has 1 saturated heterocycles. The molecule has 3 nitrogen and oxygen atoms in total. The van der Waals surface area contributed by atoms with Gasteiger partial charge in [0.25, 0.3) is 0 Å². The number of halogens is 3. The van der Waals surface area contributed by atoms with Gasteiger partial charge in [0.15, 0.2) is 0 Å². The number of carbonyl (C=O) groups excluding carboxylic acids is 1.